The predicted molar refractivity (Wildman–Crippen MR) is 123 cm³/mol. The van der Waals surface area contributed by atoms with Crippen LogP contribution >= 0.6 is 15.9 Å². The highest BCUT2D eigenvalue weighted by molar-refractivity contribution is 9.10. The van der Waals surface area contributed by atoms with Crippen LogP contribution in [0.3, 0.4) is 0 Å². The molecule has 0 spiro atoms. The topological polar surface area (TPSA) is 15.6 Å². The number of amidine groups is 1. The molecule has 0 radical (unpaired) electrons. The minimum Gasteiger partial charge on any atom is -0.350 e. The number of hydrogen-bond acceptors (Lipinski definition) is 2. The molecule has 0 saturated heterocycles. The average molecular weight is 447 g/mol. The summed E-state index contributed by atoms with van der Waals surface area (Å²) < 4.78 is 14.2. The Hall–Kier alpha value is -1.68. The van der Waals surface area contributed by atoms with Gasteiger partial charge in [0.25, 0.3) is 0 Å². The lowest BCUT2D eigenvalue weighted by molar-refractivity contribution is 0.256. The van der Waals surface area contributed by atoms with E-state index < -0.39 is 5.83 Å². The minimum atomic E-state index is -0.436. The summed E-state index contributed by atoms with van der Waals surface area (Å²) in [7, 11) is 0. The number of hydrogen-bond donors (Lipinski definition) is 0. The molecule has 0 aromatic heterocycles. The molecule has 2 nitrogen and oxygen atoms in total. The van der Waals surface area contributed by atoms with Crippen LogP contribution in [0, 0.1) is 12.8 Å². The predicted octanol–water partition coefficient (Wildman–Crippen LogP) is 6.80. The largest absolute Gasteiger partial charge is 0.350 e. The van der Waals surface area contributed by atoms with Crippen LogP contribution in [0.4, 0.5) is 4.39 Å². The molecule has 28 heavy (non-hydrogen) atoms. The molecule has 0 aliphatic carbocycles. The molecule has 2 rings (SSSR count). The van der Waals surface area contributed by atoms with Crippen molar-refractivity contribution in [3.8, 4) is 0 Å². The first-order valence-corrected chi connectivity index (χ1v) is 10.7. The standard InChI is InChI=1S/C24H32BrFN2/c1-17-11-13-21(25)16-20(17)12-10-18(2)22(9-7-8-19(3)26)23-27-14-15-28(23)24(4,5)6/h7-9,11,13,16,18H,3,10,12,14-15H2,1-2,4-6H3/b8-7-,22-9+. The Balaban J connectivity index is 2.26. The monoisotopic (exact) mass is 446 g/mol. The van der Waals surface area contributed by atoms with Gasteiger partial charge in [-0.05, 0) is 81.4 Å². The van der Waals surface area contributed by atoms with Crippen molar-refractivity contribution >= 4 is 21.8 Å². The number of aliphatic imine (C=N–C) groups is 1. The van der Waals surface area contributed by atoms with Crippen LogP contribution in [-0.2, 0) is 6.42 Å². The van der Waals surface area contributed by atoms with Crippen LogP contribution in [0.2, 0.25) is 0 Å². The second-order valence-corrected chi connectivity index (χ2v) is 9.38. The van der Waals surface area contributed by atoms with Crippen molar-refractivity contribution in [3.05, 3.63) is 70.0 Å². The van der Waals surface area contributed by atoms with Gasteiger partial charge >= 0.3 is 0 Å². The third kappa shape index (κ3) is 6.16. The van der Waals surface area contributed by atoms with Crippen molar-refractivity contribution < 1.29 is 4.39 Å². The normalized spacial score (nSPS) is 16.6. The van der Waals surface area contributed by atoms with Gasteiger partial charge in [-0.3, -0.25) is 4.99 Å². The Bertz CT molecular complexity index is 799. The SMILES string of the molecule is C=C(F)/C=C\C=C(\C1=NCCN1C(C)(C)C)C(C)CCc1cc(Br)ccc1C. The number of aryl methyl sites for hydroxylation is 2. The van der Waals surface area contributed by atoms with Gasteiger partial charge in [0.05, 0.1) is 6.54 Å². The zero-order valence-corrected chi connectivity index (χ0v) is 19.3. The van der Waals surface area contributed by atoms with Gasteiger partial charge in [0.2, 0.25) is 0 Å². The quantitative estimate of drug-likeness (QED) is 0.420. The first-order chi connectivity index (χ1) is 13.1. The second kappa shape index (κ2) is 9.69. The molecule has 0 fully saturated rings. The van der Waals surface area contributed by atoms with Gasteiger partial charge in [-0.1, -0.05) is 47.7 Å². The highest BCUT2D eigenvalue weighted by Gasteiger charge is 2.31. The molecule has 0 saturated carbocycles. The van der Waals surface area contributed by atoms with Gasteiger partial charge in [0.15, 0.2) is 0 Å². The fourth-order valence-corrected chi connectivity index (χ4v) is 3.91. The minimum absolute atomic E-state index is 0.00241. The van der Waals surface area contributed by atoms with Gasteiger partial charge in [0, 0.05) is 16.6 Å². The van der Waals surface area contributed by atoms with Crippen molar-refractivity contribution in [1.82, 2.24) is 4.90 Å². The summed E-state index contributed by atoms with van der Waals surface area (Å²) in [6, 6.07) is 6.43. The number of halogens is 2. The lowest BCUT2D eigenvalue weighted by atomic mass is 9.90. The summed E-state index contributed by atoms with van der Waals surface area (Å²) in [6.45, 7) is 16.1. The van der Waals surface area contributed by atoms with E-state index >= 15 is 0 Å². The molecule has 1 unspecified atom stereocenters. The molecule has 1 atom stereocenters. The Morgan fingerprint density at radius 2 is 2.11 bits per heavy atom. The molecule has 152 valence electrons. The first-order valence-electron chi connectivity index (χ1n) is 9.89. The summed E-state index contributed by atoms with van der Waals surface area (Å²) in [5.41, 5.74) is 3.83. The van der Waals surface area contributed by atoms with Crippen LogP contribution in [0.5, 0.6) is 0 Å². The van der Waals surface area contributed by atoms with Crippen molar-refractivity contribution in [2.75, 3.05) is 13.1 Å². The smallest absolute Gasteiger partial charge is 0.127 e. The van der Waals surface area contributed by atoms with Crippen LogP contribution in [0.1, 0.15) is 45.2 Å². The zero-order chi connectivity index (χ0) is 20.9. The first kappa shape index (κ1) is 22.6. The Morgan fingerprint density at radius 3 is 2.75 bits per heavy atom. The van der Waals surface area contributed by atoms with E-state index in [2.05, 4.69) is 80.2 Å². The van der Waals surface area contributed by atoms with Crippen LogP contribution < -0.4 is 0 Å². The fraction of sp³-hybridized carbons (Fsp3) is 0.458. The van der Waals surface area contributed by atoms with Crippen LogP contribution in [0.15, 0.2) is 63.9 Å². The van der Waals surface area contributed by atoms with E-state index in [9.17, 15) is 4.39 Å². The highest BCUT2D eigenvalue weighted by Crippen LogP contribution is 2.28. The van der Waals surface area contributed by atoms with E-state index in [0.29, 0.717) is 5.92 Å². The van der Waals surface area contributed by atoms with Gasteiger partial charge < -0.3 is 4.90 Å². The number of rotatable bonds is 7. The highest BCUT2D eigenvalue weighted by atomic mass is 79.9. The second-order valence-electron chi connectivity index (χ2n) is 8.47. The van der Waals surface area contributed by atoms with E-state index in [0.717, 1.165) is 41.8 Å². The molecular weight excluding hydrogens is 415 g/mol. The van der Waals surface area contributed by atoms with Crippen molar-refractivity contribution in [2.24, 2.45) is 10.9 Å². The summed E-state index contributed by atoms with van der Waals surface area (Å²) in [5.74, 6) is 0.909. The number of nitrogens with zero attached hydrogens (tertiary/aromatic N) is 2. The van der Waals surface area contributed by atoms with Gasteiger partial charge in [0.1, 0.15) is 11.7 Å². The molecular formula is C24H32BrFN2. The lowest BCUT2D eigenvalue weighted by Gasteiger charge is -2.36. The molecule has 1 heterocycles. The van der Waals surface area contributed by atoms with E-state index in [1.807, 2.05) is 6.08 Å². The fourth-order valence-electron chi connectivity index (χ4n) is 3.50. The van der Waals surface area contributed by atoms with E-state index in [1.165, 1.54) is 17.2 Å². The molecule has 1 aromatic carbocycles. The van der Waals surface area contributed by atoms with Crippen LogP contribution in [-0.4, -0.2) is 29.4 Å². The summed E-state index contributed by atoms with van der Waals surface area (Å²) in [4.78, 5) is 7.17. The molecule has 4 heteroatoms. The van der Waals surface area contributed by atoms with Gasteiger partial charge in [-0.25, -0.2) is 4.39 Å². The van der Waals surface area contributed by atoms with Gasteiger partial charge in [-0.15, -0.1) is 0 Å². The van der Waals surface area contributed by atoms with E-state index in [4.69, 9.17) is 4.99 Å². The lowest BCUT2D eigenvalue weighted by Crippen LogP contribution is -2.45. The third-order valence-corrected chi connectivity index (χ3v) is 5.64. The molecule has 0 amide bonds. The van der Waals surface area contributed by atoms with Crippen molar-refractivity contribution in [3.63, 3.8) is 0 Å². The summed E-state index contributed by atoms with van der Waals surface area (Å²) in [6.07, 6.45) is 7.16. The molecule has 1 aliphatic rings. The molecule has 1 aliphatic heterocycles. The van der Waals surface area contributed by atoms with E-state index in [-0.39, 0.29) is 5.54 Å². The zero-order valence-electron chi connectivity index (χ0n) is 17.7. The van der Waals surface area contributed by atoms with Crippen molar-refractivity contribution in [1.29, 1.82) is 0 Å². The number of benzene rings is 1. The maximum Gasteiger partial charge on any atom is 0.127 e. The Morgan fingerprint density at radius 1 is 1.39 bits per heavy atom. The summed E-state index contributed by atoms with van der Waals surface area (Å²) >= 11 is 3.57. The maximum atomic E-state index is 13.1. The number of allylic oxidation sites excluding steroid dienone is 4. The van der Waals surface area contributed by atoms with Gasteiger partial charge in [-0.2, -0.15) is 0 Å². The molecule has 1 aromatic rings. The summed E-state index contributed by atoms with van der Waals surface area (Å²) in [5, 5.41) is 0. The maximum absolute atomic E-state index is 13.1. The average Bonchev–Trinajstić information content (AvgIpc) is 3.08. The molecule has 0 bridgehead atoms. The van der Waals surface area contributed by atoms with Crippen molar-refractivity contribution in [2.45, 2.75) is 53.0 Å². The van der Waals surface area contributed by atoms with Crippen LogP contribution in [0.25, 0.3) is 0 Å². The third-order valence-electron chi connectivity index (χ3n) is 5.15. The Labute approximate surface area is 178 Å². The van der Waals surface area contributed by atoms with E-state index in [1.54, 1.807) is 6.08 Å². The molecule has 0 N–H and O–H groups in total. The Kier molecular flexibility index (Phi) is 7.82.